The van der Waals surface area contributed by atoms with Gasteiger partial charge in [0.2, 0.25) is 16.9 Å². The Kier molecular flexibility index (Phi) is 5.22. The van der Waals surface area contributed by atoms with Gasteiger partial charge in [-0.15, -0.1) is 10.2 Å². The zero-order valence-electron chi connectivity index (χ0n) is 15.7. The summed E-state index contributed by atoms with van der Waals surface area (Å²) in [5, 5.41) is 15.3. The summed E-state index contributed by atoms with van der Waals surface area (Å²) in [5.74, 6) is 6.82. The molecule has 0 saturated carbocycles. The fraction of sp³-hybridized carbons (Fsp3) is 0.333. The van der Waals surface area contributed by atoms with Crippen LogP contribution in [0.25, 0.3) is 11.4 Å². The number of thioether (sulfide) groups is 1. The van der Waals surface area contributed by atoms with E-state index in [1.807, 2.05) is 52.0 Å². The van der Waals surface area contributed by atoms with Crippen molar-refractivity contribution in [2.24, 2.45) is 0 Å². The summed E-state index contributed by atoms with van der Waals surface area (Å²) in [6, 6.07) is 9.55. The number of carbonyl (C=O) groups excluding carboxylic acids is 1. The lowest BCUT2D eigenvalue weighted by molar-refractivity contribution is -0.113. The fourth-order valence-corrected chi connectivity index (χ4v) is 2.92. The van der Waals surface area contributed by atoms with Gasteiger partial charge in [0, 0.05) is 17.0 Å². The van der Waals surface area contributed by atoms with Crippen LogP contribution in [0.15, 0.2) is 40.0 Å². The van der Waals surface area contributed by atoms with Gasteiger partial charge in [0.25, 0.3) is 0 Å². The van der Waals surface area contributed by atoms with Crippen LogP contribution < -0.4 is 11.2 Å². The lowest BCUT2D eigenvalue weighted by atomic mass is 9.92. The van der Waals surface area contributed by atoms with Crippen molar-refractivity contribution in [3.63, 3.8) is 0 Å². The molecule has 3 N–H and O–H groups in total. The number of aromatic nitrogens is 4. The molecule has 0 fully saturated rings. The van der Waals surface area contributed by atoms with Crippen LogP contribution in [0.1, 0.15) is 32.0 Å². The Hall–Kier alpha value is -2.81. The summed E-state index contributed by atoms with van der Waals surface area (Å²) in [5.41, 5.74) is 2.64. The van der Waals surface area contributed by atoms with Crippen molar-refractivity contribution in [2.75, 3.05) is 16.9 Å². The van der Waals surface area contributed by atoms with Gasteiger partial charge in [-0.05, 0) is 6.92 Å². The van der Waals surface area contributed by atoms with E-state index in [0.29, 0.717) is 16.9 Å². The number of nitrogen functional groups attached to an aromatic ring is 1. The molecular formula is C18H22N6O2S. The van der Waals surface area contributed by atoms with E-state index in [9.17, 15) is 4.79 Å². The maximum atomic E-state index is 12.2. The van der Waals surface area contributed by atoms with Crippen LogP contribution in [-0.4, -0.2) is 31.7 Å². The van der Waals surface area contributed by atoms with E-state index >= 15 is 0 Å². The number of rotatable bonds is 5. The SMILES string of the molecule is Cc1ccc(-c2nnc(SCC(=O)Nc3cc(C(C)(C)C)no3)n2N)cc1. The largest absolute Gasteiger partial charge is 0.338 e. The number of anilines is 1. The highest BCUT2D eigenvalue weighted by atomic mass is 32.2. The third kappa shape index (κ3) is 4.48. The van der Waals surface area contributed by atoms with Crippen LogP contribution in [0.4, 0.5) is 5.88 Å². The number of hydrogen-bond acceptors (Lipinski definition) is 7. The zero-order valence-corrected chi connectivity index (χ0v) is 16.5. The van der Waals surface area contributed by atoms with Crippen LogP contribution in [0.2, 0.25) is 0 Å². The van der Waals surface area contributed by atoms with Gasteiger partial charge in [0.05, 0.1) is 11.4 Å². The van der Waals surface area contributed by atoms with E-state index in [1.165, 1.54) is 16.4 Å². The summed E-state index contributed by atoms with van der Waals surface area (Å²) < 4.78 is 6.54. The molecule has 0 aliphatic heterocycles. The Bertz CT molecular complexity index is 940. The summed E-state index contributed by atoms with van der Waals surface area (Å²) in [4.78, 5) is 12.2. The van der Waals surface area contributed by atoms with Gasteiger partial charge in [-0.1, -0.05) is 67.5 Å². The average molecular weight is 386 g/mol. The quantitative estimate of drug-likeness (QED) is 0.512. The minimum Gasteiger partial charge on any atom is -0.338 e. The second-order valence-corrected chi connectivity index (χ2v) is 8.15. The molecular weight excluding hydrogens is 364 g/mol. The first-order valence-corrected chi connectivity index (χ1v) is 9.40. The third-order valence-electron chi connectivity index (χ3n) is 3.85. The number of nitrogens with one attached hydrogen (secondary N) is 1. The van der Waals surface area contributed by atoms with Crippen LogP contribution in [0, 0.1) is 6.92 Å². The van der Waals surface area contributed by atoms with Crippen LogP contribution >= 0.6 is 11.8 Å². The molecule has 142 valence electrons. The molecule has 0 unspecified atom stereocenters. The fourth-order valence-electron chi connectivity index (χ4n) is 2.27. The number of aryl methyl sites for hydroxylation is 1. The van der Waals surface area contributed by atoms with Gasteiger partial charge in [0.1, 0.15) is 0 Å². The Morgan fingerprint density at radius 2 is 1.96 bits per heavy atom. The van der Waals surface area contributed by atoms with Gasteiger partial charge < -0.3 is 10.4 Å². The zero-order chi connectivity index (χ0) is 19.6. The first kappa shape index (κ1) is 19.0. The summed E-state index contributed by atoms with van der Waals surface area (Å²) in [7, 11) is 0. The van der Waals surface area contributed by atoms with E-state index in [1.54, 1.807) is 6.07 Å². The van der Waals surface area contributed by atoms with Gasteiger partial charge in [-0.25, -0.2) is 4.68 Å². The van der Waals surface area contributed by atoms with Crippen molar-refractivity contribution in [3.8, 4) is 11.4 Å². The number of hydrogen-bond donors (Lipinski definition) is 2. The molecule has 0 saturated heterocycles. The lowest BCUT2D eigenvalue weighted by Gasteiger charge is -2.12. The number of nitrogens with two attached hydrogens (primary N) is 1. The molecule has 8 nitrogen and oxygen atoms in total. The second-order valence-electron chi connectivity index (χ2n) is 7.21. The predicted molar refractivity (Wildman–Crippen MR) is 105 cm³/mol. The van der Waals surface area contributed by atoms with Crippen molar-refractivity contribution in [2.45, 2.75) is 38.3 Å². The molecule has 1 aromatic carbocycles. The van der Waals surface area contributed by atoms with Crippen molar-refractivity contribution in [3.05, 3.63) is 41.6 Å². The molecule has 0 spiro atoms. The molecule has 2 heterocycles. The highest BCUT2D eigenvalue weighted by Gasteiger charge is 2.20. The molecule has 0 aliphatic carbocycles. The van der Waals surface area contributed by atoms with E-state index in [2.05, 4.69) is 20.7 Å². The van der Waals surface area contributed by atoms with Crippen molar-refractivity contribution in [1.82, 2.24) is 20.0 Å². The Labute approximate surface area is 161 Å². The smallest absolute Gasteiger partial charge is 0.237 e. The number of carbonyl (C=O) groups is 1. The van der Waals surface area contributed by atoms with E-state index < -0.39 is 0 Å². The van der Waals surface area contributed by atoms with Gasteiger partial charge in [0.15, 0.2) is 5.82 Å². The molecule has 9 heteroatoms. The molecule has 2 aromatic heterocycles. The van der Waals surface area contributed by atoms with Crippen molar-refractivity contribution >= 4 is 23.6 Å². The molecule has 1 amide bonds. The van der Waals surface area contributed by atoms with E-state index in [0.717, 1.165) is 16.8 Å². The van der Waals surface area contributed by atoms with Gasteiger partial charge in [-0.3, -0.25) is 10.1 Å². The standard InChI is InChI=1S/C18H22N6O2S/c1-11-5-7-12(8-6-11)16-21-22-17(24(16)19)27-10-14(25)20-15-9-13(23-26-15)18(2,3)4/h5-9H,10,19H2,1-4H3,(H,20,25). The average Bonchev–Trinajstić information content (AvgIpc) is 3.21. The van der Waals surface area contributed by atoms with E-state index in [4.69, 9.17) is 10.4 Å². The summed E-state index contributed by atoms with van der Waals surface area (Å²) in [6.45, 7) is 8.07. The van der Waals surface area contributed by atoms with Crippen molar-refractivity contribution in [1.29, 1.82) is 0 Å². The third-order valence-corrected chi connectivity index (χ3v) is 4.79. The summed E-state index contributed by atoms with van der Waals surface area (Å²) in [6.07, 6.45) is 0. The highest BCUT2D eigenvalue weighted by Crippen LogP contribution is 2.24. The second kappa shape index (κ2) is 7.43. The molecule has 3 aromatic rings. The minimum absolute atomic E-state index is 0.120. The number of nitrogens with zero attached hydrogens (tertiary/aromatic N) is 4. The molecule has 3 rings (SSSR count). The number of benzene rings is 1. The topological polar surface area (TPSA) is 112 Å². The van der Waals surface area contributed by atoms with Crippen LogP contribution in [0.5, 0.6) is 0 Å². The molecule has 0 atom stereocenters. The number of amides is 1. The predicted octanol–water partition coefficient (Wildman–Crippen LogP) is 2.98. The molecule has 0 bridgehead atoms. The molecule has 0 radical (unpaired) electrons. The monoisotopic (exact) mass is 386 g/mol. The summed E-state index contributed by atoms with van der Waals surface area (Å²) >= 11 is 1.20. The maximum absolute atomic E-state index is 12.2. The van der Waals surface area contributed by atoms with Gasteiger partial charge in [-0.2, -0.15) is 0 Å². The molecule has 0 aliphatic rings. The van der Waals surface area contributed by atoms with E-state index in [-0.39, 0.29) is 17.1 Å². The Morgan fingerprint density at radius 1 is 1.26 bits per heavy atom. The maximum Gasteiger partial charge on any atom is 0.237 e. The Morgan fingerprint density at radius 3 is 2.59 bits per heavy atom. The first-order valence-electron chi connectivity index (χ1n) is 8.41. The van der Waals surface area contributed by atoms with Crippen LogP contribution in [-0.2, 0) is 10.2 Å². The Balaban J connectivity index is 1.61. The van der Waals surface area contributed by atoms with Gasteiger partial charge >= 0.3 is 0 Å². The normalized spacial score (nSPS) is 11.6. The minimum atomic E-state index is -0.239. The lowest BCUT2D eigenvalue weighted by Crippen LogP contribution is -2.16. The molecule has 27 heavy (non-hydrogen) atoms. The van der Waals surface area contributed by atoms with Crippen molar-refractivity contribution < 1.29 is 9.32 Å². The first-order chi connectivity index (χ1) is 12.7. The van der Waals surface area contributed by atoms with Crippen LogP contribution in [0.3, 0.4) is 0 Å². The highest BCUT2D eigenvalue weighted by molar-refractivity contribution is 7.99.